The second-order valence-corrected chi connectivity index (χ2v) is 8.10. The van der Waals surface area contributed by atoms with Crippen LogP contribution in [-0.2, 0) is 13.0 Å². The lowest BCUT2D eigenvalue weighted by Crippen LogP contribution is -2.42. The molecule has 0 spiro atoms. The minimum atomic E-state index is -0.0522. The molecule has 4 rings (SSSR count). The number of furan rings is 1. The Hall–Kier alpha value is -2.56. The average molecular weight is 392 g/mol. The van der Waals surface area contributed by atoms with Gasteiger partial charge >= 0.3 is 0 Å². The van der Waals surface area contributed by atoms with Crippen LogP contribution in [0.25, 0.3) is 11.3 Å². The maximum atomic E-state index is 10.2. The van der Waals surface area contributed by atoms with Crippen molar-refractivity contribution in [2.75, 3.05) is 26.8 Å². The fourth-order valence-corrected chi connectivity index (χ4v) is 4.36. The highest BCUT2D eigenvalue weighted by Crippen LogP contribution is 2.36. The summed E-state index contributed by atoms with van der Waals surface area (Å²) in [5.41, 5.74) is 3.62. The van der Waals surface area contributed by atoms with Crippen LogP contribution in [0.15, 0.2) is 71.3 Å². The number of likely N-dealkylation sites (tertiary alicyclic amines) is 1. The number of aliphatic hydroxyl groups excluding tert-OH is 1. The van der Waals surface area contributed by atoms with Gasteiger partial charge in [0.25, 0.3) is 0 Å². The maximum absolute atomic E-state index is 10.2. The standard InChI is InChI=1S/C25H29NO3/c1-28-22-8-4-6-20(16-22)17-25(19-27)11-13-26(14-12-25)18-21-7-2-3-9-23(21)24-10-5-15-29-24/h2-10,15-16,27H,11-14,17-19H2,1H3. The molecule has 1 saturated heterocycles. The first kappa shape index (κ1) is 19.7. The van der Waals surface area contributed by atoms with E-state index in [4.69, 9.17) is 9.15 Å². The van der Waals surface area contributed by atoms with E-state index in [9.17, 15) is 5.11 Å². The zero-order chi connectivity index (χ0) is 20.1. The molecule has 0 atom stereocenters. The number of benzene rings is 2. The average Bonchev–Trinajstić information content (AvgIpc) is 3.30. The van der Waals surface area contributed by atoms with Crippen LogP contribution in [0.3, 0.4) is 0 Å². The van der Waals surface area contributed by atoms with Crippen LogP contribution in [-0.4, -0.2) is 36.8 Å². The molecular formula is C25H29NO3. The highest BCUT2D eigenvalue weighted by Gasteiger charge is 2.34. The Balaban J connectivity index is 1.42. The van der Waals surface area contributed by atoms with Crippen LogP contribution < -0.4 is 4.74 Å². The number of piperidine rings is 1. The van der Waals surface area contributed by atoms with Crippen molar-refractivity contribution in [2.24, 2.45) is 5.41 Å². The molecule has 1 fully saturated rings. The Bertz CT molecular complexity index is 911. The summed E-state index contributed by atoms with van der Waals surface area (Å²) in [4.78, 5) is 2.49. The Kier molecular flexibility index (Phi) is 6.02. The van der Waals surface area contributed by atoms with Crippen LogP contribution in [0.2, 0.25) is 0 Å². The van der Waals surface area contributed by atoms with Gasteiger partial charge in [-0.25, -0.2) is 0 Å². The van der Waals surface area contributed by atoms with E-state index in [2.05, 4.69) is 41.3 Å². The molecule has 0 radical (unpaired) electrons. The van der Waals surface area contributed by atoms with Gasteiger partial charge in [0.2, 0.25) is 0 Å². The molecule has 0 saturated carbocycles. The molecule has 0 bridgehead atoms. The number of ether oxygens (including phenoxy) is 1. The van der Waals surface area contributed by atoms with Crippen molar-refractivity contribution >= 4 is 0 Å². The van der Waals surface area contributed by atoms with Gasteiger partial charge in [-0.05, 0) is 73.2 Å². The van der Waals surface area contributed by atoms with Crippen LogP contribution >= 0.6 is 0 Å². The molecule has 2 heterocycles. The number of nitrogens with zero attached hydrogens (tertiary/aromatic N) is 1. The fourth-order valence-electron chi connectivity index (χ4n) is 4.36. The van der Waals surface area contributed by atoms with Crippen molar-refractivity contribution in [1.82, 2.24) is 4.90 Å². The first-order chi connectivity index (χ1) is 14.2. The zero-order valence-corrected chi connectivity index (χ0v) is 17.0. The largest absolute Gasteiger partial charge is 0.497 e. The quantitative estimate of drug-likeness (QED) is 0.630. The number of hydrogen-bond acceptors (Lipinski definition) is 4. The van der Waals surface area contributed by atoms with Crippen LogP contribution in [0.4, 0.5) is 0 Å². The highest BCUT2D eigenvalue weighted by molar-refractivity contribution is 5.61. The number of rotatable bonds is 7. The Morgan fingerprint density at radius 1 is 1.03 bits per heavy atom. The van der Waals surface area contributed by atoms with Crippen molar-refractivity contribution < 1.29 is 14.3 Å². The molecule has 0 aliphatic carbocycles. The third-order valence-corrected chi connectivity index (χ3v) is 6.16. The molecule has 0 amide bonds. The van der Waals surface area contributed by atoms with Crippen LogP contribution in [0.1, 0.15) is 24.0 Å². The lowest BCUT2D eigenvalue weighted by molar-refractivity contribution is 0.0414. The normalized spacial score (nSPS) is 16.6. The Labute approximate surface area is 172 Å². The third kappa shape index (κ3) is 4.55. The first-order valence-corrected chi connectivity index (χ1v) is 10.3. The minimum Gasteiger partial charge on any atom is -0.497 e. The van der Waals surface area contributed by atoms with Crippen LogP contribution in [0.5, 0.6) is 5.75 Å². The summed E-state index contributed by atoms with van der Waals surface area (Å²) in [6.07, 6.45) is 4.59. The van der Waals surface area contributed by atoms with E-state index in [1.54, 1.807) is 13.4 Å². The lowest BCUT2D eigenvalue weighted by atomic mass is 9.74. The highest BCUT2D eigenvalue weighted by atomic mass is 16.5. The Morgan fingerprint density at radius 2 is 1.86 bits per heavy atom. The van der Waals surface area contributed by atoms with E-state index in [1.807, 2.05) is 24.3 Å². The molecule has 1 N–H and O–H groups in total. The summed E-state index contributed by atoms with van der Waals surface area (Å²) in [6.45, 7) is 3.09. The van der Waals surface area contributed by atoms with Crippen molar-refractivity contribution in [3.63, 3.8) is 0 Å². The van der Waals surface area contributed by atoms with Gasteiger partial charge in [-0.3, -0.25) is 4.90 Å². The molecule has 1 aromatic heterocycles. The molecule has 4 nitrogen and oxygen atoms in total. The fraction of sp³-hybridized carbons (Fsp3) is 0.360. The SMILES string of the molecule is COc1cccc(CC2(CO)CCN(Cc3ccccc3-c3ccco3)CC2)c1. The second-order valence-electron chi connectivity index (χ2n) is 8.10. The van der Waals surface area contributed by atoms with Crippen molar-refractivity contribution in [2.45, 2.75) is 25.8 Å². The van der Waals surface area contributed by atoms with E-state index in [-0.39, 0.29) is 12.0 Å². The zero-order valence-electron chi connectivity index (χ0n) is 17.0. The smallest absolute Gasteiger partial charge is 0.134 e. The summed E-state index contributed by atoms with van der Waals surface area (Å²) in [7, 11) is 1.69. The predicted octanol–water partition coefficient (Wildman–Crippen LogP) is 4.77. The lowest BCUT2D eigenvalue weighted by Gasteiger charge is -2.41. The van der Waals surface area contributed by atoms with Gasteiger partial charge in [-0.15, -0.1) is 0 Å². The number of methoxy groups -OCH3 is 1. The molecular weight excluding hydrogens is 362 g/mol. The Morgan fingerprint density at radius 3 is 2.59 bits per heavy atom. The van der Waals surface area contributed by atoms with E-state index in [0.717, 1.165) is 56.0 Å². The van der Waals surface area contributed by atoms with Gasteiger partial charge in [-0.2, -0.15) is 0 Å². The predicted molar refractivity (Wildman–Crippen MR) is 115 cm³/mol. The summed E-state index contributed by atoms with van der Waals surface area (Å²) < 4.78 is 11.0. The molecule has 0 unspecified atom stereocenters. The molecule has 2 aromatic carbocycles. The summed E-state index contributed by atoms with van der Waals surface area (Å²) in [5, 5.41) is 10.2. The first-order valence-electron chi connectivity index (χ1n) is 10.3. The summed E-state index contributed by atoms with van der Waals surface area (Å²) >= 11 is 0. The minimum absolute atomic E-state index is 0.0522. The van der Waals surface area contributed by atoms with Crippen molar-refractivity contribution in [3.8, 4) is 17.1 Å². The molecule has 4 heteroatoms. The van der Waals surface area contributed by atoms with Crippen molar-refractivity contribution in [3.05, 3.63) is 78.1 Å². The van der Waals surface area contributed by atoms with E-state index in [1.165, 1.54) is 11.1 Å². The topological polar surface area (TPSA) is 45.8 Å². The number of aliphatic hydroxyl groups is 1. The van der Waals surface area contributed by atoms with Gasteiger partial charge in [-0.1, -0.05) is 36.4 Å². The molecule has 1 aliphatic heterocycles. The van der Waals surface area contributed by atoms with Crippen LogP contribution in [0, 0.1) is 5.41 Å². The summed E-state index contributed by atoms with van der Waals surface area (Å²) in [5.74, 6) is 1.79. The van der Waals surface area contributed by atoms with E-state index >= 15 is 0 Å². The summed E-state index contributed by atoms with van der Waals surface area (Å²) in [6, 6.07) is 20.6. The van der Waals surface area contributed by atoms with Gasteiger partial charge < -0.3 is 14.3 Å². The third-order valence-electron chi connectivity index (χ3n) is 6.16. The number of hydrogen-bond donors (Lipinski definition) is 1. The van der Waals surface area contributed by atoms with Gasteiger partial charge in [0, 0.05) is 18.7 Å². The molecule has 29 heavy (non-hydrogen) atoms. The monoisotopic (exact) mass is 391 g/mol. The van der Waals surface area contributed by atoms with Crippen molar-refractivity contribution in [1.29, 1.82) is 0 Å². The van der Waals surface area contributed by atoms with Gasteiger partial charge in [0.05, 0.1) is 13.4 Å². The second kappa shape index (κ2) is 8.85. The molecule has 3 aromatic rings. The van der Waals surface area contributed by atoms with E-state index < -0.39 is 0 Å². The van der Waals surface area contributed by atoms with Gasteiger partial charge in [0.15, 0.2) is 0 Å². The van der Waals surface area contributed by atoms with E-state index in [0.29, 0.717) is 0 Å². The van der Waals surface area contributed by atoms with Gasteiger partial charge in [0.1, 0.15) is 11.5 Å². The molecule has 1 aliphatic rings. The molecule has 152 valence electrons. The maximum Gasteiger partial charge on any atom is 0.134 e.